The molecule has 2 aliphatic rings. The molecule has 0 aliphatic heterocycles. The van der Waals surface area contributed by atoms with Gasteiger partial charge in [0.05, 0.1) is 0 Å². The Balaban J connectivity index is 2.12. The minimum atomic E-state index is 0.0140. The summed E-state index contributed by atoms with van der Waals surface area (Å²) in [6, 6.07) is 4.57. The van der Waals surface area contributed by atoms with E-state index in [4.69, 9.17) is 5.73 Å². The van der Waals surface area contributed by atoms with Crippen LogP contribution in [0.4, 0.5) is 0 Å². The molecular weight excluding hydrogens is 238 g/mol. The number of benzene rings is 1. The molecule has 0 aromatic heterocycles. The van der Waals surface area contributed by atoms with E-state index in [-0.39, 0.29) is 5.54 Å². The summed E-state index contributed by atoms with van der Waals surface area (Å²) in [6.45, 7) is 0. The lowest BCUT2D eigenvalue weighted by molar-refractivity contribution is 0.737. The molecule has 1 aromatic rings. The number of fused-ring (bicyclic) bond motifs is 1. The van der Waals surface area contributed by atoms with Crippen LogP contribution in [0.3, 0.4) is 0 Å². The van der Waals surface area contributed by atoms with Crippen molar-refractivity contribution in [2.75, 3.05) is 0 Å². The van der Waals surface area contributed by atoms with Gasteiger partial charge in [-0.15, -0.1) is 0 Å². The van der Waals surface area contributed by atoms with Gasteiger partial charge in [-0.2, -0.15) is 0 Å². The summed E-state index contributed by atoms with van der Waals surface area (Å²) in [5, 5.41) is 0. The summed E-state index contributed by atoms with van der Waals surface area (Å²) >= 11 is 3.66. The molecule has 2 aliphatic carbocycles. The second kappa shape index (κ2) is 2.83. The third-order valence-electron chi connectivity index (χ3n) is 3.52. The molecule has 0 saturated heterocycles. The summed E-state index contributed by atoms with van der Waals surface area (Å²) in [6.07, 6.45) is 6.07. The second-order valence-corrected chi connectivity index (χ2v) is 5.46. The SMILES string of the molecule is NC1(c2cc(Br)c3c(c2)CCC3)CC1. The van der Waals surface area contributed by atoms with Crippen LogP contribution in [-0.4, -0.2) is 0 Å². The Bertz CT molecular complexity index is 394. The first-order valence-corrected chi connectivity index (χ1v) is 6.09. The van der Waals surface area contributed by atoms with E-state index in [9.17, 15) is 0 Å². The first kappa shape index (κ1) is 8.93. The van der Waals surface area contributed by atoms with Crippen molar-refractivity contribution in [1.29, 1.82) is 0 Å². The molecule has 1 aromatic carbocycles. The van der Waals surface area contributed by atoms with E-state index in [1.165, 1.54) is 40.4 Å². The van der Waals surface area contributed by atoms with Crippen molar-refractivity contribution in [3.05, 3.63) is 33.3 Å². The van der Waals surface area contributed by atoms with E-state index in [1.807, 2.05) is 0 Å². The highest BCUT2D eigenvalue weighted by molar-refractivity contribution is 9.10. The quantitative estimate of drug-likeness (QED) is 0.817. The molecular formula is C12H14BrN. The van der Waals surface area contributed by atoms with E-state index in [2.05, 4.69) is 28.1 Å². The van der Waals surface area contributed by atoms with Crippen LogP contribution in [0.25, 0.3) is 0 Å². The molecule has 0 atom stereocenters. The number of hydrogen-bond donors (Lipinski definition) is 1. The Morgan fingerprint density at radius 3 is 2.71 bits per heavy atom. The van der Waals surface area contributed by atoms with E-state index in [1.54, 1.807) is 0 Å². The van der Waals surface area contributed by atoms with Gasteiger partial charge in [-0.25, -0.2) is 0 Å². The van der Waals surface area contributed by atoms with Gasteiger partial charge in [0.25, 0.3) is 0 Å². The summed E-state index contributed by atoms with van der Waals surface area (Å²) in [5.74, 6) is 0. The molecule has 74 valence electrons. The maximum atomic E-state index is 6.21. The van der Waals surface area contributed by atoms with Crippen molar-refractivity contribution in [2.24, 2.45) is 5.73 Å². The van der Waals surface area contributed by atoms with Crippen LogP contribution < -0.4 is 5.73 Å². The average Bonchev–Trinajstić information content (AvgIpc) is 2.75. The fourth-order valence-electron chi connectivity index (χ4n) is 2.36. The van der Waals surface area contributed by atoms with Crippen LogP contribution in [0.2, 0.25) is 0 Å². The highest BCUT2D eigenvalue weighted by Gasteiger charge is 2.40. The molecule has 3 rings (SSSR count). The largest absolute Gasteiger partial charge is 0.321 e. The van der Waals surface area contributed by atoms with Crippen LogP contribution in [-0.2, 0) is 18.4 Å². The van der Waals surface area contributed by atoms with Gasteiger partial charge in [0.15, 0.2) is 0 Å². The van der Waals surface area contributed by atoms with Gasteiger partial charge in [0.1, 0.15) is 0 Å². The smallest absolute Gasteiger partial charge is 0.0411 e. The highest BCUT2D eigenvalue weighted by Crippen LogP contribution is 2.45. The van der Waals surface area contributed by atoms with Gasteiger partial charge in [-0.3, -0.25) is 0 Å². The third-order valence-corrected chi connectivity index (χ3v) is 4.23. The lowest BCUT2D eigenvalue weighted by Crippen LogP contribution is -2.19. The van der Waals surface area contributed by atoms with E-state index < -0.39 is 0 Å². The molecule has 2 N–H and O–H groups in total. The van der Waals surface area contributed by atoms with E-state index in [0.29, 0.717) is 0 Å². The average molecular weight is 252 g/mol. The predicted octanol–water partition coefficient (Wildman–Crippen LogP) is 2.89. The normalized spacial score (nSPS) is 22.1. The van der Waals surface area contributed by atoms with Gasteiger partial charge < -0.3 is 5.73 Å². The van der Waals surface area contributed by atoms with Crippen molar-refractivity contribution in [3.63, 3.8) is 0 Å². The molecule has 1 nitrogen and oxygen atoms in total. The summed E-state index contributed by atoms with van der Waals surface area (Å²) in [5.41, 5.74) is 10.6. The standard InChI is InChI=1S/C12H14BrN/c13-11-7-9(12(14)4-5-12)6-8-2-1-3-10(8)11/h6-7H,1-5,14H2. The van der Waals surface area contributed by atoms with Crippen molar-refractivity contribution >= 4 is 15.9 Å². The Labute approximate surface area is 92.8 Å². The molecule has 0 amide bonds. The third kappa shape index (κ3) is 1.24. The number of aryl methyl sites for hydroxylation is 1. The molecule has 0 heterocycles. The molecule has 14 heavy (non-hydrogen) atoms. The van der Waals surface area contributed by atoms with Crippen LogP contribution in [0.15, 0.2) is 16.6 Å². The van der Waals surface area contributed by atoms with Gasteiger partial charge in [0, 0.05) is 10.0 Å². The van der Waals surface area contributed by atoms with Crippen molar-refractivity contribution in [3.8, 4) is 0 Å². The first-order valence-electron chi connectivity index (χ1n) is 5.30. The van der Waals surface area contributed by atoms with E-state index >= 15 is 0 Å². The maximum Gasteiger partial charge on any atom is 0.0411 e. The monoisotopic (exact) mass is 251 g/mol. The number of hydrogen-bond acceptors (Lipinski definition) is 1. The maximum absolute atomic E-state index is 6.21. The number of rotatable bonds is 1. The second-order valence-electron chi connectivity index (χ2n) is 4.61. The van der Waals surface area contributed by atoms with Gasteiger partial charge >= 0.3 is 0 Å². The van der Waals surface area contributed by atoms with Crippen molar-refractivity contribution in [2.45, 2.75) is 37.6 Å². The molecule has 0 unspecified atom stereocenters. The first-order chi connectivity index (χ1) is 6.69. The summed E-state index contributed by atoms with van der Waals surface area (Å²) < 4.78 is 1.28. The zero-order valence-electron chi connectivity index (χ0n) is 8.15. The zero-order chi connectivity index (χ0) is 9.76. The zero-order valence-corrected chi connectivity index (χ0v) is 9.73. The summed E-state index contributed by atoms with van der Waals surface area (Å²) in [4.78, 5) is 0. The summed E-state index contributed by atoms with van der Waals surface area (Å²) in [7, 11) is 0. The Kier molecular flexibility index (Phi) is 1.80. The molecule has 0 radical (unpaired) electrons. The molecule has 1 saturated carbocycles. The highest BCUT2D eigenvalue weighted by atomic mass is 79.9. The fraction of sp³-hybridized carbons (Fsp3) is 0.500. The van der Waals surface area contributed by atoms with Crippen LogP contribution in [0.5, 0.6) is 0 Å². The number of halogens is 1. The van der Waals surface area contributed by atoms with Gasteiger partial charge in [-0.05, 0) is 54.9 Å². The predicted molar refractivity (Wildman–Crippen MR) is 61.3 cm³/mol. The van der Waals surface area contributed by atoms with Crippen LogP contribution in [0.1, 0.15) is 36.0 Å². The Hall–Kier alpha value is -0.340. The van der Waals surface area contributed by atoms with Gasteiger partial charge in [0.2, 0.25) is 0 Å². The van der Waals surface area contributed by atoms with Gasteiger partial charge in [-0.1, -0.05) is 22.0 Å². The fourth-order valence-corrected chi connectivity index (χ4v) is 3.06. The molecule has 1 fully saturated rings. The number of nitrogens with two attached hydrogens (primary N) is 1. The minimum absolute atomic E-state index is 0.0140. The van der Waals surface area contributed by atoms with Crippen LogP contribution in [0, 0.1) is 0 Å². The Morgan fingerprint density at radius 1 is 1.21 bits per heavy atom. The topological polar surface area (TPSA) is 26.0 Å². The van der Waals surface area contributed by atoms with Crippen LogP contribution >= 0.6 is 15.9 Å². The van der Waals surface area contributed by atoms with Crippen molar-refractivity contribution < 1.29 is 0 Å². The lowest BCUT2D eigenvalue weighted by Gasteiger charge is -2.12. The molecule has 0 spiro atoms. The minimum Gasteiger partial charge on any atom is -0.321 e. The van der Waals surface area contributed by atoms with E-state index in [0.717, 1.165) is 12.8 Å². The van der Waals surface area contributed by atoms with Crippen molar-refractivity contribution in [1.82, 2.24) is 0 Å². The lowest BCUT2D eigenvalue weighted by atomic mass is 10.0. The molecule has 0 bridgehead atoms. The molecule has 2 heteroatoms. The Morgan fingerprint density at radius 2 is 2.00 bits per heavy atom.